The number of ketones is 1. The van der Waals surface area contributed by atoms with E-state index in [2.05, 4.69) is 18.0 Å². The molecule has 37 heavy (non-hydrogen) atoms. The molecule has 6 nitrogen and oxygen atoms in total. The van der Waals surface area contributed by atoms with Gasteiger partial charge in [-0.05, 0) is 54.3 Å². The number of amides is 1. The summed E-state index contributed by atoms with van der Waals surface area (Å²) in [6, 6.07) is 21.9. The predicted octanol–water partition coefficient (Wildman–Crippen LogP) is 6.22. The van der Waals surface area contributed by atoms with E-state index < -0.39 is 17.7 Å². The Balaban J connectivity index is 1.49. The normalized spacial score (nSPS) is 16.8. The van der Waals surface area contributed by atoms with Gasteiger partial charge in [-0.2, -0.15) is 0 Å². The number of Topliss-reactive ketones (excluding diaryl/α,β-unsaturated/α-hetero) is 1. The number of aliphatic hydroxyl groups excluding tert-OH is 1. The third-order valence-electron chi connectivity index (χ3n) is 6.39. The van der Waals surface area contributed by atoms with Gasteiger partial charge in [0.15, 0.2) is 5.13 Å². The molecule has 1 unspecified atom stereocenters. The van der Waals surface area contributed by atoms with Crippen LogP contribution in [0.2, 0.25) is 0 Å². The summed E-state index contributed by atoms with van der Waals surface area (Å²) in [6.07, 6.45) is 2.46. The van der Waals surface area contributed by atoms with Crippen LogP contribution in [-0.2, 0) is 22.6 Å². The predicted molar refractivity (Wildman–Crippen MR) is 145 cm³/mol. The van der Waals surface area contributed by atoms with E-state index in [0.29, 0.717) is 23.1 Å². The van der Waals surface area contributed by atoms with E-state index in [1.54, 1.807) is 35.8 Å². The zero-order chi connectivity index (χ0) is 25.9. The number of aromatic nitrogens is 1. The second kappa shape index (κ2) is 10.4. The van der Waals surface area contributed by atoms with Crippen LogP contribution in [0.15, 0.2) is 89.9 Å². The summed E-state index contributed by atoms with van der Waals surface area (Å²) >= 11 is 1.27. The minimum Gasteiger partial charge on any atom is -0.507 e. The van der Waals surface area contributed by atoms with Crippen LogP contribution in [0.5, 0.6) is 5.75 Å². The van der Waals surface area contributed by atoms with Crippen molar-refractivity contribution in [3.05, 3.63) is 118 Å². The Morgan fingerprint density at radius 2 is 1.78 bits per heavy atom. The molecule has 1 atom stereocenters. The molecule has 0 radical (unpaired) electrons. The molecule has 5 rings (SSSR count). The highest BCUT2D eigenvalue weighted by atomic mass is 32.1. The van der Waals surface area contributed by atoms with Gasteiger partial charge in [-0.15, -0.1) is 11.3 Å². The summed E-state index contributed by atoms with van der Waals surface area (Å²) in [5.41, 5.74) is 4.55. The van der Waals surface area contributed by atoms with Crippen LogP contribution < -0.4 is 9.64 Å². The maximum atomic E-state index is 13.2. The molecule has 4 aromatic rings. The average Bonchev–Trinajstić information content (AvgIpc) is 3.54. The molecular weight excluding hydrogens is 484 g/mol. The van der Waals surface area contributed by atoms with Gasteiger partial charge in [-0.25, -0.2) is 4.98 Å². The second-order valence-corrected chi connectivity index (χ2v) is 9.75. The monoisotopic (exact) mass is 510 g/mol. The van der Waals surface area contributed by atoms with Crippen molar-refractivity contribution in [3.63, 3.8) is 0 Å². The molecular formula is C30H26N2O4S. The lowest BCUT2D eigenvalue weighted by Crippen LogP contribution is -2.29. The molecule has 1 N–H and O–H groups in total. The fourth-order valence-electron chi connectivity index (χ4n) is 4.45. The fourth-order valence-corrected chi connectivity index (χ4v) is 5.12. The van der Waals surface area contributed by atoms with E-state index in [-0.39, 0.29) is 11.3 Å². The third kappa shape index (κ3) is 4.90. The zero-order valence-electron chi connectivity index (χ0n) is 20.5. The number of anilines is 1. The Morgan fingerprint density at radius 1 is 1.03 bits per heavy atom. The van der Waals surface area contributed by atoms with Gasteiger partial charge in [0.1, 0.15) is 18.1 Å². The minimum absolute atomic E-state index is 0.0397. The molecule has 1 aliphatic heterocycles. The van der Waals surface area contributed by atoms with Crippen molar-refractivity contribution in [2.24, 2.45) is 0 Å². The lowest BCUT2D eigenvalue weighted by atomic mass is 9.94. The molecule has 1 saturated heterocycles. The van der Waals surface area contributed by atoms with Crippen molar-refractivity contribution in [3.8, 4) is 5.75 Å². The molecule has 7 heteroatoms. The van der Waals surface area contributed by atoms with Gasteiger partial charge in [0.2, 0.25) is 0 Å². The van der Waals surface area contributed by atoms with Crippen LogP contribution in [0.25, 0.3) is 5.76 Å². The number of hydrogen-bond acceptors (Lipinski definition) is 6. The molecule has 0 spiro atoms. The van der Waals surface area contributed by atoms with Crippen LogP contribution >= 0.6 is 11.3 Å². The van der Waals surface area contributed by atoms with Crippen molar-refractivity contribution in [2.75, 3.05) is 4.90 Å². The number of ether oxygens (including phenoxy) is 1. The molecule has 0 aliphatic carbocycles. The van der Waals surface area contributed by atoms with Gasteiger partial charge in [-0.3, -0.25) is 14.5 Å². The number of carbonyl (C=O) groups excluding carboxylic acids is 2. The molecule has 186 valence electrons. The Kier molecular flexibility index (Phi) is 6.88. The lowest BCUT2D eigenvalue weighted by Gasteiger charge is -2.23. The Hall–Kier alpha value is -4.23. The molecule has 2 heterocycles. The van der Waals surface area contributed by atoms with E-state index >= 15 is 0 Å². The molecule has 1 aromatic heterocycles. The van der Waals surface area contributed by atoms with Crippen molar-refractivity contribution in [1.29, 1.82) is 0 Å². The van der Waals surface area contributed by atoms with E-state index in [4.69, 9.17) is 4.74 Å². The van der Waals surface area contributed by atoms with E-state index in [0.717, 1.165) is 28.7 Å². The number of benzene rings is 3. The Labute approximate surface area is 219 Å². The maximum Gasteiger partial charge on any atom is 0.301 e. The first kappa shape index (κ1) is 24.5. The second-order valence-electron chi connectivity index (χ2n) is 8.88. The molecule has 0 bridgehead atoms. The van der Waals surface area contributed by atoms with Crippen LogP contribution in [0.3, 0.4) is 0 Å². The summed E-state index contributed by atoms with van der Waals surface area (Å²) in [5, 5.41) is 13.5. The quantitative estimate of drug-likeness (QED) is 0.181. The standard InChI is InChI=1S/C30H26N2O4S/c1-3-20-7-9-22(10-8-20)26-25(28(34)29(35)32(26)30-31-15-16-37-30)27(33)23-11-13-24(14-12-23)36-18-21-6-4-5-19(2)17-21/h4-17,26,33H,3,18H2,1-2H3. The summed E-state index contributed by atoms with van der Waals surface area (Å²) in [6.45, 7) is 4.51. The summed E-state index contributed by atoms with van der Waals surface area (Å²) in [4.78, 5) is 32.0. The smallest absolute Gasteiger partial charge is 0.301 e. The van der Waals surface area contributed by atoms with Gasteiger partial charge >= 0.3 is 5.91 Å². The molecule has 0 saturated carbocycles. The first-order valence-electron chi connectivity index (χ1n) is 12.0. The van der Waals surface area contributed by atoms with Gasteiger partial charge in [-0.1, -0.05) is 61.0 Å². The molecule has 3 aromatic carbocycles. The molecule has 1 amide bonds. The number of aliphatic hydroxyl groups is 1. The van der Waals surface area contributed by atoms with Gasteiger partial charge in [0, 0.05) is 17.1 Å². The SMILES string of the molecule is CCc1ccc(C2C(=C(O)c3ccc(OCc4cccc(C)c4)cc3)C(=O)C(=O)N2c2nccs2)cc1. The Morgan fingerprint density at radius 3 is 2.43 bits per heavy atom. The minimum atomic E-state index is -0.783. The number of nitrogens with zero attached hydrogens (tertiary/aromatic N) is 2. The van der Waals surface area contributed by atoms with Crippen LogP contribution in [-0.4, -0.2) is 21.8 Å². The molecule has 1 fully saturated rings. The highest BCUT2D eigenvalue weighted by Gasteiger charge is 2.47. The zero-order valence-corrected chi connectivity index (χ0v) is 21.4. The van der Waals surface area contributed by atoms with Crippen LogP contribution in [0.1, 0.15) is 40.8 Å². The lowest BCUT2D eigenvalue weighted by molar-refractivity contribution is -0.132. The number of aryl methyl sites for hydroxylation is 2. The topological polar surface area (TPSA) is 79.7 Å². The van der Waals surface area contributed by atoms with Crippen molar-refractivity contribution < 1.29 is 19.4 Å². The highest BCUT2D eigenvalue weighted by molar-refractivity contribution is 7.14. The first-order valence-corrected chi connectivity index (χ1v) is 12.9. The van der Waals surface area contributed by atoms with Crippen molar-refractivity contribution >= 4 is 33.9 Å². The summed E-state index contributed by atoms with van der Waals surface area (Å²) < 4.78 is 5.89. The van der Waals surface area contributed by atoms with Gasteiger partial charge in [0.25, 0.3) is 5.78 Å². The van der Waals surface area contributed by atoms with E-state index in [1.165, 1.54) is 16.2 Å². The van der Waals surface area contributed by atoms with Crippen molar-refractivity contribution in [1.82, 2.24) is 4.98 Å². The average molecular weight is 511 g/mol. The molecule has 1 aliphatic rings. The Bertz CT molecular complexity index is 1460. The van der Waals surface area contributed by atoms with Gasteiger partial charge in [0.05, 0.1) is 11.6 Å². The maximum absolute atomic E-state index is 13.2. The summed E-state index contributed by atoms with van der Waals surface area (Å²) in [5.74, 6) is -1.04. The number of rotatable bonds is 7. The number of hydrogen-bond donors (Lipinski definition) is 1. The van der Waals surface area contributed by atoms with Gasteiger partial charge < -0.3 is 9.84 Å². The van der Waals surface area contributed by atoms with Crippen molar-refractivity contribution in [2.45, 2.75) is 32.9 Å². The van der Waals surface area contributed by atoms with Crippen LogP contribution in [0.4, 0.5) is 5.13 Å². The first-order chi connectivity index (χ1) is 18.0. The van der Waals surface area contributed by atoms with Crippen LogP contribution in [0, 0.1) is 6.92 Å². The fraction of sp³-hybridized carbons (Fsp3) is 0.167. The number of carbonyl (C=O) groups is 2. The van der Waals surface area contributed by atoms with E-state index in [9.17, 15) is 14.7 Å². The largest absolute Gasteiger partial charge is 0.507 e. The highest BCUT2D eigenvalue weighted by Crippen LogP contribution is 2.42. The third-order valence-corrected chi connectivity index (χ3v) is 7.16. The summed E-state index contributed by atoms with van der Waals surface area (Å²) in [7, 11) is 0. The van der Waals surface area contributed by atoms with E-state index in [1.807, 2.05) is 49.4 Å². The number of thiazole rings is 1.